The van der Waals surface area contributed by atoms with Gasteiger partial charge in [-0.1, -0.05) is 18.2 Å². The molecule has 3 N–H and O–H groups in total. The fourth-order valence-electron chi connectivity index (χ4n) is 3.21. The maximum Gasteiger partial charge on any atom is 0.107 e. The number of anilines is 1. The highest BCUT2D eigenvalue weighted by Crippen LogP contribution is 2.26. The largest absolute Gasteiger partial charge is 0.394 e. The van der Waals surface area contributed by atoms with E-state index in [1.807, 2.05) is 12.1 Å². The molecule has 6 heteroatoms. The van der Waals surface area contributed by atoms with Crippen LogP contribution in [-0.2, 0) is 0 Å². The van der Waals surface area contributed by atoms with Crippen LogP contribution < -0.4 is 9.62 Å². The van der Waals surface area contributed by atoms with Gasteiger partial charge in [0.15, 0.2) is 0 Å². The fourth-order valence-corrected chi connectivity index (χ4v) is 3.88. The van der Waals surface area contributed by atoms with Crippen LogP contribution in [0, 0.1) is 11.3 Å². The number of aliphatic hydroxyl groups excluding tert-OH is 2. The van der Waals surface area contributed by atoms with Crippen molar-refractivity contribution in [3.8, 4) is 6.07 Å². The van der Waals surface area contributed by atoms with Crippen molar-refractivity contribution in [2.45, 2.75) is 25.4 Å². The lowest BCUT2D eigenvalue weighted by molar-refractivity contribution is 0.0994. The van der Waals surface area contributed by atoms with Crippen LogP contribution in [0.1, 0.15) is 24.8 Å². The van der Waals surface area contributed by atoms with Crippen LogP contribution in [0.25, 0.3) is 16.8 Å². The van der Waals surface area contributed by atoms with Gasteiger partial charge in [-0.05, 0) is 71.8 Å². The topological polar surface area (TPSA) is 79.5 Å². The molecule has 5 nitrogen and oxygen atoms in total. The van der Waals surface area contributed by atoms with Crippen molar-refractivity contribution in [1.29, 1.82) is 5.26 Å². The second-order valence-corrected chi connectivity index (χ2v) is 7.68. The van der Waals surface area contributed by atoms with Gasteiger partial charge in [0.05, 0.1) is 12.7 Å². The van der Waals surface area contributed by atoms with E-state index in [1.165, 1.54) is 30.3 Å². The van der Waals surface area contributed by atoms with Crippen molar-refractivity contribution in [1.82, 2.24) is 4.72 Å². The van der Waals surface area contributed by atoms with E-state index in [4.69, 9.17) is 5.11 Å². The number of piperidine rings is 1. The normalized spacial score (nSPS) is 16.3. The van der Waals surface area contributed by atoms with E-state index in [0.29, 0.717) is 4.91 Å². The fraction of sp³-hybridized carbons (Fsp3) is 0.381. The molecule has 3 rings (SSSR count). The minimum absolute atomic E-state index is 0.219. The number of hydrogen-bond acceptors (Lipinski definition) is 6. The van der Waals surface area contributed by atoms with Crippen LogP contribution in [0.2, 0.25) is 0 Å². The van der Waals surface area contributed by atoms with Crippen LogP contribution in [0.3, 0.4) is 0 Å². The van der Waals surface area contributed by atoms with Crippen LogP contribution in [-0.4, -0.2) is 42.6 Å². The first-order valence-corrected chi connectivity index (χ1v) is 10.1. The van der Waals surface area contributed by atoms with E-state index >= 15 is 0 Å². The zero-order valence-corrected chi connectivity index (χ0v) is 16.1. The van der Waals surface area contributed by atoms with Gasteiger partial charge in [-0.25, -0.2) is 0 Å². The molecule has 2 aromatic rings. The summed E-state index contributed by atoms with van der Waals surface area (Å²) in [5.41, 5.74) is 2.24. The maximum absolute atomic E-state index is 9.34. The summed E-state index contributed by atoms with van der Waals surface area (Å²) in [7, 11) is 0. The van der Waals surface area contributed by atoms with Crippen molar-refractivity contribution in [3.63, 3.8) is 0 Å². The Balaban J connectivity index is 1.72. The summed E-state index contributed by atoms with van der Waals surface area (Å²) in [6.45, 7) is 2.18. The molecule has 1 atom stereocenters. The smallest absolute Gasteiger partial charge is 0.107 e. The Labute approximate surface area is 164 Å². The molecule has 0 aliphatic carbocycles. The molecular formula is C21H25N3O2S. The Morgan fingerprint density at radius 2 is 1.93 bits per heavy atom. The molecular weight excluding hydrogens is 358 g/mol. The van der Waals surface area contributed by atoms with E-state index in [0.717, 1.165) is 36.0 Å². The standard InChI is InChI=1S/C21H25N3O2S/c22-13-21(27-23-14-20(26)15-25)11-16-4-5-18-12-19(7-6-17(18)10-16)24-8-2-1-3-9-24/h4-7,10-12,20,23,25-26H,1-3,8-9,14-15H2/b21-11+. The third-order valence-electron chi connectivity index (χ3n) is 4.69. The van der Waals surface area contributed by atoms with E-state index in [1.54, 1.807) is 0 Å². The quantitative estimate of drug-likeness (QED) is 0.503. The monoisotopic (exact) mass is 383 g/mol. The van der Waals surface area contributed by atoms with Gasteiger partial charge in [-0.2, -0.15) is 5.26 Å². The maximum atomic E-state index is 9.34. The summed E-state index contributed by atoms with van der Waals surface area (Å²) in [5, 5.41) is 29.8. The molecule has 0 spiro atoms. The Morgan fingerprint density at radius 1 is 1.19 bits per heavy atom. The minimum Gasteiger partial charge on any atom is -0.394 e. The molecule has 0 saturated carbocycles. The van der Waals surface area contributed by atoms with Crippen LogP contribution in [0.4, 0.5) is 5.69 Å². The van der Waals surface area contributed by atoms with Gasteiger partial charge in [-0.15, -0.1) is 0 Å². The number of fused-ring (bicyclic) bond motifs is 1. The molecule has 0 aromatic heterocycles. The van der Waals surface area contributed by atoms with Gasteiger partial charge in [0, 0.05) is 25.3 Å². The van der Waals surface area contributed by atoms with Gasteiger partial charge in [-0.3, -0.25) is 4.72 Å². The van der Waals surface area contributed by atoms with Crippen molar-refractivity contribution in [2.24, 2.45) is 0 Å². The first-order chi connectivity index (χ1) is 13.2. The first kappa shape index (κ1) is 19.7. The van der Waals surface area contributed by atoms with Gasteiger partial charge >= 0.3 is 0 Å². The van der Waals surface area contributed by atoms with Gasteiger partial charge in [0.1, 0.15) is 11.0 Å². The number of aliphatic hydroxyl groups is 2. The zero-order chi connectivity index (χ0) is 19.1. The molecule has 0 bridgehead atoms. The Morgan fingerprint density at radius 3 is 2.67 bits per heavy atom. The van der Waals surface area contributed by atoms with Gasteiger partial charge in [0.2, 0.25) is 0 Å². The highest BCUT2D eigenvalue weighted by molar-refractivity contribution is 8.01. The van der Waals surface area contributed by atoms with Crippen LogP contribution in [0.15, 0.2) is 41.3 Å². The van der Waals surface area contributed by atoms with Crippen molar-refractivity contribution in [3.05, 3.63) is 46.9 Å². The number of rotatable bonds is 7. The lowest BCUT2D eigenvalue weighted by Crippen LogP contribution is -2.29. The lowest BCUT2D eigenvalue weighted by Gasteiger charge is -2.29. The second-order valence-electron chi connectivity index (χ2n) is 6.75. The highest BCUT2D eigenvalue weighted by Gasteiger charge is 2.11. The number of nitriles is 1. The van der Waals surface area contributed by atoms with E-state index in [9.17, 15) is 10.4 Å². The Kier molecular flexibility index (Phi) is 7.13. The molecule has 142 valence electrons. The highest BCUT2D eigenvalue weighted by atomic mass is 32.2. The third kappa shape index (κ3) is 5.47. The average Bonchev–Trinajstić information content (AvgIpc) is 2.73. The molecule has 1 heterocycles. The van der Waals surface area contributed by atoms with Crippen molar-refractivity contribution < 1.29 is 10.2 Å². The molecule has 0 amide bonds. The predicted octanol–water partition coefficient (Wildman–Crippen LogP) is 3.29. The van der Waals surface area contributed by atoms with E-state index in [-0.39, 0.29) is 13.2 Å². The van der Waals surface area contributed by atoms with Gasteiger partial charge < -0.3 is 15.1 Å². The first-order valence-electron chi connectivity index (χ1n) is 9.29. The lowest BCUT2D eigenvalue weighted by atomic mass is 10.0. The Hall–Kier alpha value is -2.04. The summed E-state index contributed by atoms with van der Waals surface area (Å²) in [5.74, 6) is 0. The summed E-state index contributed by atoms with van der Waals surface area (Å²) in [6.07, 6.45) is 4.85. The second kappa shape index (κ2) is 9.77. The molecule has 27 heavy (non-hydrogen) atoms. The summed E-state index contributed by atoms with van der Waals surface area (Å²) in [4.78, 5) is 2.96. The summed E-state index contributed by atoms with van der Waals surface area (Å²) < 4.78 is 2.90. The van der Waals surface area contributed by atoms with Crippen LogP contribution in [0.5, 0.6) is 0 Å². The molecule has 0 radical (unpaired) electrons. The molecule has 2 aromatic carbocycles. The number of hydrogen-bond donors (Lipinski definition) is 3. The third-order valence-corrected chi connectivity index (χ3v) is 5.43. The van der Waals surface area contributed by atoms with E-state index in [2.05, 4.69) is 46.0 Å². The number of nitrogens with one attached hydrogen (secondary N) is 1. The van der Waals surface area contributed by atoms with Gasteiger partial charge in [0.25, 0.3) is 0 Å². The number of benzene rings is 2. The summed E-state index contributed by atoms with van der Waals surface area (Å²) in [6, 6.07) is 14.9. The molecule has 1 aliphatic rings. The molecule has 1 saturated heterocycles. The van der Waals surface area contributed by atoms with E-state index < -0.39 is 6.10 Å². The molecule has 1 fully saturated rings. The summed E-state index contributed by atoms with van der Waals surface area (Å²) >= 11 is 1.16. The van der Waals surface area contributed by atoms with Crippen molar-refractivity contribution in [2.75, 3.05) is 31.1 Å². The Bertz CT molecular complexity index is 841. The predicted molar refractivity (Wildman–Crippen MR) is 112 cm³/mol. The zero-order valence-electron chi connectivity index (χ0n) is 15.3. The minimum atomic E-state index is -0.827. The average molecular weight is 384 g/mol. The number of nitrogens with zero attached hydrogens (tertiary/aromatic N) is 2. The number of allylic oxidation sites excluding steroid dienone is 1. The molecule has 1 unspecified atom stereocenters. The van der Waals surface area contributed by atoms with Crippen LogP contribution >= 0.6 is 11.9 Å². The van der Waals surface area contributed by atoms with Crippen molar-refractivity contribution >= 4 is 34.5 Å². The SMILES string of the molecule is N#C/C(=C\c1ccc2cc(N3CCCCC3)ccc2c1)SNCC(O)CO. The molecule has 1 aliphatic heterocycles.